The van der Waals surface area contributed by atoms with Crippen molar-refractivity contribution in [2.45, 2.75) is 14.7 Å². The van der Waals surface area contributed by atoms with Crippen LogP contribution in [0.15, 0.2) is 61.3 Å². The Hall–Kier alpha value is -3.12. The number of anilines is 1. The van der Waals surface area contributed by atoms with E-state index < -0.39 is 64.7 Å². The lowest BCUT2D eigenvalue weighted by Gasteiger charge is -2.12. The number of methoxy groups -OCH3 is 1. The number of benzene rings is 3. The molecule has 0 amide bonds. The van der Waals surface area contributed by atoms with Crippen LogP contribution in [0.3, 0.4) is 0 Å². The van der Waals surface area contributed by atoms with Gasteiger partial charge in [0.15, 0.2) is 9.84 Å². The summed E-state index contributed by atoms with van der Waals surface area (Å²) >= 11 is 0.454. The van der Waals surface area contributed by atoms with Gasteiger partial charge in [0.05, 0.1) is 42.1 Å². The maximum Gasteiger partial charge on any atom is 0.397 e. The number of phenolic OH excluding ortho intramolecular Hbond substituents is 1. The first-order valence-electron chi connectivity index (χ1n) is 10.2. The molecule has 0 saturated heterocycles. The van der Waals surface area contributed by atoms with E-state index in [1.54, 1.807) is 0 Å². The average molecular weight is 642 g/mol. The molecular weight excluding hydrogens is 622 g/mol. The topological polar surface area (TPSA) is 271 Å². The lowest BCUT2D eigenvalue weighted by molar-refractivity contribution is -0.432. The van der Waals surface area contributed by atoms with Crippen LogP contribution in [0.1, 0.15) is 0 Å². The molecule has 17 nitrogen and oxygen atoms in total. The van der Waals surface area contributed by atoms with Crippen LogP contribution in [0.5, 0.6) is 11.5 Å². The van der Waals surface area contributed by atoms with Crippen LogP contribution in [0.25, 0.3) is 10.8 Å². The molecule has 0 radical (unpaired) electrons. The number of sulfone groups is 1. The second kappa shape index (κ2) is 12.2. The predicted molar refractivity (Wildman–Crippen MR) is 137 cm³/mol. The number of nitrogen functional groups attached to an aromatic ring is 1. The van der Waals surface area contributed by atoms with Gasteiger partial charge in [0.2, 0.25) is 0 Å². The zero-order chi connectivity index (χ0) is 29.9. The molecule has 0 aliphatic heterocycles. The van der Waals surface area contributed by atoms with Crippen molar-refractivity contribution in [1.29, 1.82) is 0 Å². The first kappa shape index (κ1) is 31.4. The Labute approximate surface area is 230 Å². The normalized spacial score (nSPS) is 12.8. The van der Waals surface area contributed by atoms with E-state index in [1.165, 1.54) is 19.2 Å². The van der Waals surface area contributed by atoms with E-state index in [0.29, 0.717) is 12.0 Å². The molecule has 3 aromatic carbocycles. The van der Waals surface area contributed by atoms with Gasteiger partial charge < -0.3 is 15.6 Å². The lowest BCUT2D eigenvalue weighted by Crippen LogP contribution is -2.15. The Balaban J connectivity index is 2.13. The van der Waals surface area contributed by atoms with Crippen LogP contribution in [-0.4, -0.2) is 64.2 Å². The maximum absolute atomic E-state index is 12.6. The number of nitrogens with two attached hydrogens (primary N) is 1. The van der Waals surface area contributed by atoms with Crippen LogP contribution in [0.2, 0.25) is 0 Å². The number of aromatic hydroxyl groups is 1. The fraction of sp³-hybridized carbons (Fsp3) is 0.158. The number of hydrogen-bond donors (Lipinski definition) is 5. The summed E-state index contributed by atoms with van der Waals surface area (Å²) in [6, 6.07) is 6.61. The van der Waals surface area contributed by atoms with Crippen molar-refractivity contribution in [3.63, 3.8) is 0 Å². The van der Waals surface area contributed by atoms with Crippen molar-refractivity contribution in [3.8, 4) is 11.5 Å². The monoisotopic (exact) mass is 641 g/mol. The Morgan fingerprint density at radius 2 is 1.70 bits per heavy atom. The van der Waals surface area contributed by atoms with E-state index >= 15 is 0 Å². The third-order valence-corrected chi connectivity index (χ3v) is 8.52. The van der Waals surface area contributed by atoms with Crippen LogP contribution >= 0.6 is 12.0 Å². The van der Waals surface area contributed by atoms with Gasteiger partial charge in [0.1, 0.15) is 27.8 Å². The SMILES string of the molecule is COc1ccc(S(=O)(=O)CCOS(=O)(=O)O)cc1/N=N/c1c(S(=O)(=O)O)cc2cc(SOOO)cc(O)c2c1N. The minimum absolute atomic E-state index is 0.00546. The Bertz CT molecular complexity index is 1790. The zero-order valence-corrected chi connectivity index (χ0v) is 23.1. The van der Waals surface area contributed by atoms with E-state index in [2.05, 4.69) is 23.8 Å². The van der Waals surface area contributed by atoms with Crippen molar-refractivity contribution >= 4 is 70.2 Å². The summed E-state index contributed by atoms with van der Waals surface area (Å²) in [6.45, 7) is -0.891. The van der Waals surface area contributed by atoms with Gasteiger partial charge in [0, 0.05) is 10.3 Å². The van der Waals surface area contributed by atoms with Gasteiger partial charge in [-0.05, 0) is 41.8 Å². The van der Waals surface area contributed by atoms with Gasteiger partial charge in [-0.15, -0.1) is 14.6 Å². The average Bonchev–Trinajstić information content (AvgIpc) is 2.84. The molecule has 6 N–H and O–H groups in total. The van der Waals surface area contributed by atoms with E-state index in [-0.39, 0.29) is 32.0 Å². The molecule has 0 aliphatic rings. The number of rotatable bonds is 12. The molecule has 0 spiro atoms. The second-order valence-electron chi connectivity index (χ2n) is 7.48. The molecule has 0 saturated carbocycles. The van der Waals surface area contributed by atoms with E-state index in [4.69, 9.17) is 20.3 Å². The molecule has 0 heterocycles. The minimum Gasteiger partial charge on any atom is -0.507 e. The molecule has 0 aliphatic carbocycles. The lowest BCUT2D eigenvalue weighted by atomic mass is 10.1. The van der Waals surface area contributed by atoms with Gasteiger partial charge in [0.25, 0.3) is 10.1 Å². The Morgan fingerprint density at radius 1 is 1.00 bits per heavy atom. The van der Waals surface area contributed by atoms with Gasteiger partial charge in [-0.2, -0.15) is 16.8 Å². The highest BCUT2D eigenvalue weighted by Gasteiger charge is 2.24. The quantitative estimate of drug-likeness (QED) is 0.0475. The smallest absolute Gasteiger partial charge is 0.397 e. The molecule has 3 rings (SSSR count). The molecule has 0 atom stereocenters. The Kier molecular flexibility index (Phi) is 9.56. The third kappa shape index (κ3) is 7.54. The maximum atomic E-state index is 12.6. The number of azo groups is 1. The van der Waals surface area contributed by atoms with E-state index in [1.807, 2.05) is 0 Å². The molecule has 3 aromatic rings. The number of hydrogen-bond acceptors (Lipinski definition) is 16. The number of phenols is 1. The molecule has 0 aromatic heterocycles. The second-order valence-corrected chi connectivity index (χ2v) is 12.8. The fourth-order valence-electron chi connectivity index (χ4n) is 3.30. The summed E-state index contributed by atoms with van der Waals surface area (Å²) in [6.07, 6.45) is 0. The van der Waals surface area contributed by atoms with Crippen molar-refractivity contribution < 1.29 is 63.0 Å². The largest absolute Gasteiger partial charge is 0.507 e. The minimum atomic E-state index is -4.99. The van der Waals surface area contributed by atoms with E-state index in [9.17, 15) is 34.9 Å². The van der Waals surface area contributed by atoms with Crippen LogP contribution in [0, 0.1) is 0 Å². The molecule has 0 fully saturated rings. The standard InChI is InChI=1S/C19H19N3O14S4/c1-33-15-3-2-12(38(25,26)5-4-34-40(30,31)32)9-13(15)21-22-19-16(39(27,28)29)7-10-6-11(37-36-35-24)8-14(23)17(10)18(19)20/h2-3,6-9,23-24H,4-5,20H2,1H3,(H,27,28,29)(H,30,31,32)/b22-21+. The highest BCUT2D eigenvalue weighted by atomic mass is 32.3. The number of nitrogens with zero attached hydrogens (tertiary/aromatic N) is 2. The molecule has 0 bridgehead atoms. The fourth-order valence-corrected chi connectivity index (χ4v) is 5.92. The van der Waals surface area contributed by atoms with Crippen molar-refractivity contribution in [3.05, 3.63) is 36.4 Å². The third-order valence-electron chi connectivity index (χ3n) is 4.96. The first-order valence-corrected chi connectivity index (χ1v) is 15.4. The summed E-state index contributed by atoms with van der Waals surface area (Å²) in [5.74, 6) is -1.36. The van der Waals surface area contributed by atoms with Crippen molar-refractivity contribution in [2.24, 2.45) is 10.2 Å². The van der Waals surface area contributed by atoms with Gasteiger partial charge in [-0.25, -0.2) is 17.9 Å². The first-order chi connectivity index (χ1) is 18.6. The van der Waals surface area contributed by atoms with Crippen LogP contribution in [0.4, 0.5) is 17.1 Å². The highest BCUT2D eigenvalue weighted by Crippen LogP contribution is 2.44. The van der Waals surface area contributed by atoms with Gasteiger partial charge in [-0.3, -0.25) is 9.11 Å². The van der Waals surface area contributed by atoms with Gasteiger partial charge >= 0.3 is 10.4 Å². The number of fused-ring (bicyclic) bond motifs is 1. The van der Waals surface area contributed by atoms with Crippen LogP contribution < -0.4 is 10.5 Å². The molecular formula is C19H19N3O14S4. The molecule has 218 valence electrons. The summed E-state index contributed by atoms with van der Waals surface area (Å²) in [5, 5.41) is 29.8. The summed E-state index contributed by atoms with van der Waals surface area (Å²) in [7, 11) is -12.8. The zero-order valence-electron chi connectivity index (χ0n) is 19.9. The summed E-state index contributed by atoms with van der Waals surface area (Å²) in [5.41, 5.74) is 4.79. The molecule has 0 unspecified atom stereocenters. The van der Waals surface area contributed by atoms with Crippen molar-refractivity contribution in [1.82, 2.24) is 0 Å². The molecule has 21 heteroatoms. The van der Waals surface area contributed by atoms with Crippen LogP contribution in [-0.2, 0) is 43.9 Å². The van der Waals surface area contributed by atoms with Crippen molar-refractivity contribution in [2.75, 3.05) is 25.2 Å². The Morgan fingerprint density at radius 3 is 2.30 bits per heavy atom. The number of ether oxygens (including phenoxy) is 1. The summed E-state index contributed by atoms with van der Waals surface area (Å²) < 4.78 is 103. The van der Waals surface area contributed by atoms with Gasteiger partial charge in [-0.1, -0.05) is 5.04 Å². The molecule has 40 heavy (non-hydrogen) atoms. The highest BCUT2D eigenvalue weighted by molar-refractivity contribution is 7.94. The predicted octanol–water partition coefficient (Wildman–Crippen LogP) is 2.82. The van der Waals surface area contributed by atoms with E-state index in [0.717, 1.165) is 24.3 Å². The summed E-state index contributed by atoms with van der Waals surface area (Å²) in [4.78, 5) is -1.08.